The Morgan fingerprint density at radius 2 is 2.07 bits per heavy atom. The molecule has 9 nitrogen and oxygen atoms in total. The second-order valence-corrected chi connectivity index (χ2v) is 6.82. The Kier molecular flexibility index (Phi) is 5.14. The lowest BCUT2D eigenvalue weighted by Gasteiger charge is -2.16. The number of nitrogens with zero attached hydrogens (tertiary/aromatic N) is 4. The summed E-state index contributed by atoms with van der Waals surface area (Å²) in [6.07, 6.45) is 2.28. The predicted molar refractivity (Wildman–Crippen MR) is 95.6 cm³/mol. The van der Waals surface area contributed by atoms with Gasteiger partial charge in [0.2, 0.25) is 0 Å². The lowest BCUT2D eigenvalue weighted by molar-refractivity contribution is 0.0691. The molecule has 2 aromatic rings. The maximum absolute atomic E-state index is 14.6. The number of carboxylic acids is 1. The van der Waals surface area contributed by atoms with Gasteiger partial charge in [0.05, 0.1) is 13.2 Å². The van der Waals surface area contributed by atoms with E-state index in [1.807, 2.05) is 0 Å². The quantitative estimate of drug-likeness (QED) is 0.779. The summed E-state index contributed by atoms with van der Waals surface area (Å²) in [6, 6.07) is 2.09. The highest BCUT2D eigenvalue weighted by molar-refractivity contribution is 5.91. The molecule has 0 bridgehead atoms. The van der Waals surface area contributed by atoms with E-state index in [-0.39, 0.29) is 30.2 Å². The first-order valence-corrected chi connectivity index (χ1v) is 9.23. The highest BCUT2D eigenvalue weighted by atomic mass is 19.1. The van der Waals surface area contributed by atoms with E-state index >= 15 is 0 Å². The van der Waals surface area contributed by atoms with E-state index in [1.54, 1.807) is 0 Å². The van der Waals surface area contributed by atoms with E-state index in [0.717, 1.165) is 36.7 Å². The van der Waals surface area contributed by atoms with Crippen molar-refractivity contribution in [1.29, 1.82) is 0 Å². The molecule has 0 unspecified atom stereocenters. The van der Waals surface area contributed by atoms with Gasteiger partial charge in [-0.05, 0) is 32.0 Å². The second-order valence-electron chi connectivity index (χ2n) is 6.82. The standard InChI is InChI=1S/C18H21FN4O5/c19-13-9-12(17(24)25)15(28-8-5-21-3-1-2-4-21)10-14(13)23-18(26)22-6-7-27-11-16(22)20-23/h9-10H,1-8,11H2,(H,24,25). The number of carbonyl (C=O) groups is 1. The number of fused-ring (bicyclic) bond motifs is 1. The fraction of sp³-hybridized carbons (Fsp3) is 0.500. The van der Waals surface area contributed by atoms with Crippen LogP contribution in [0.25, 0.3) is 5.69 Å². The fourth-order valence-corrected chi connectivity index (χ4v) is 3.53. The van der Waals surface area contributed by atoms with Gasteiger partial charge in [-0.3, -0.25) is 9.47 Å². The smallest absolute Gasteiger partial charge is 0.350 e. The summed E-state index contributed by atoms with van der Waals surface area (Å²) in [6.45, 7) is 3.78. The number of carboxylic acid groups (broad SMARTS) is 1. The van der Waals surface area contributed by atoms with Crippen LogP contribution in [-0.4, -0.2) is 63.2 Å². The molecule has 0 saturated carbocycles. The number of ether oxygens (including phenoxy) is 2. The monoisotopic (exact) mass is 392 g/mol. The van der Waals surface area contributed by atoms with Crippen molar-refractivity contribution in [3.63, 3.8) is 0 Å². The summed E-state index contributed by atoms with van der Waals surface area (Å²) in [4.78, 5) is 26.3. The van der Waals surface area contributed by atoms with Gasteiger partial charge in [0.25, 0.3) is 0 Å². The van der Waals surface area contributed by atoms with Crippen molar-refractivity contribution in [3.8, 4) is 11.4 Å². The minimum absolute atomic E-state index is 0.0113. The molecule has 1 saturated heterocycles. The van der Waals surface area contributed by atoms with Crippen LogP contribution in [-0.2, 0) is 17.9 Å². The molecule has 0 spiro atoms. The molecule has 0 atom stereocenters. The molecule has 2 aliphatic rings. The van der Waals surface area contributed by atoms with Gasteiger partial charge in [0.1, 0.15) is 36.0 Å². The first-order valence-electron chi connectivity index (χ1n) is 9.23. The molecule has 2 aliphatic heterocycles. The number of hydrogen-bond acceptors (Lipinski definition) is 6. The summed E-state index contributed by atoms with van der Waals surface area (Å²) in [5.74, 6) is -1.75. The van der Waals surface area contributed by atoms with Gasteiger partial charge >= 0.3 is 11.7 Å². The van der Waals surface area contributed by atoms with Crippen LogP contribution in [0.3, 0.4) is 0 Å². The largest absolute Gasteiger partial charge is 0.491 e. The third-order valence-corrected chi connectivity index (χ3v) is 5.00. The van der Waals surface area contributed by atoms with Crippen LogP contribution >= 0.6 is 0 Å². The number of aromatic carboxylic acids is 1. The second kappa shape index (κ2) is 7.72. The molecule has 1 aromatic heterocycles. The number of rotatable bonds is 6. The molecule has 1 fully saturated rings. The average molecular weight is 392 g/mol. The van der Waals surface area contributed by atoms with Crippen LogP contribution in [0, 0.1) is 5.82 Å². The minimum atomic E-state index is -1.30. The maximum Gasteiger partial charge on any atom is 0.350 e. The lowest BCUT2D eigenvalue weighted by atomic mass is 10.1. The molecule has 10 heteroatoms. The zero-order valence-electron chi connectivity index (χ0n) is 15.3. The molecule has 1 N–H and O–H groups in total. The Balaban J connectivity index is 1.65. The number of aromatic nitrogens is 3. The van der Waals surface area contributed by atoms with E-state index < -0.39 is 17.5 Å². The molecular weight excluding hydrogens is 371 g/mol. The van der Waals surface area contributed by atoms with Crippen LogP contribution in [0.2, 0.25) is 0 Å². The van der Waals surface area contributed by atoms with Crippen molar-refractivity contribution in [2.75, 3.05) is 32.8 Å². The normalized spacial score (nSPS) is 16.9. The van der Waals surface area contributed by atoms with Crippen LogP contribution < -0.4 is 10.4 Å². The van der Waals surface area contributed by atoms with Gasteiger partial charge in [-0.15, -0.1) is 5.10 Å². The summed E-state index contributed by atoms with van der Waals surface area (Å²) in [7, 11) is 0. The number of halogens is 1. The zero-order valence-corrected chi connectivity index (χ0v) is 15.3. The predicted octanol–water partition coefficient (Wildman–Crippen LogP) is 0.876. The Hall–Kier alpha value is -2.72. The number of likely N-dealkylation sites (tertiary alicyclic amines) is 1. The van der Waals surface area contributed by atoms with E-state index in [0.29, 0.717) is 25.5 Å². The Morgan fingerprint density at radius 1 is 1.29 bits per heavy atom. The Morgan fingerprint density at radius 3 is 2.79 bits per heavy atom. The third-order valence-electron chi connectivity index (χ3n) is 5.00. The van der Waals surface area contributed by atoms with E-state index in [4.69, 9.17) is 9.47 Å². The van der Waals surface area contributed by atoms with E-state index in [1.165, 1.54) is 10.6 Å². The summed E-state index contributed by atoms with van der Waals surface area (Å²) in [5.41, 5.74) is -0.931. The molecular formula is C18H21FN4O5. The SMILES string of the molecule is O=C(O)c1cc(F)c(-n2nc3n(c2=O)CCOC3)cc1OCCN1CCCC1. The molecule has 28 heavy (non-hydrogen) atoms. The topological polar surface area (TPSA) is 98.8 Å². The molecule has 0 amide bonds. The van der Waals surface area contributed by atoms with Gasteiger partial charge < -0.3 is 14.6 Å². The summed E-state index contributed by atoms with van der Waals surface area (Å²) >= 11 is 0. The van der Waals surface area contributed by atoms with Gasteiger partial charge in [-0.1, -0.05) is 0 Å². The maximum atomic E-state index is 14.6. The van der Waals surface area contributed by atoms with Gasteiger partial charge in [0, 0.05) is 12.6 Å². The molecule has 0 radical (unpaired) electrons. The van der Waals surface area contributed by atoms with Crippen molar-refractivity contribution >= 4 is 5.97 Å². The first kappa shape index (κ1) is 18.6. The summed E-state index contributed by atoms with van der Waals surface area (Å²) in [5, 5.41) is 13.5. The van der Waals surface area contributed by atoms with E-state index in [9.17, 15) is 19.1 Å². The first-order chi connectivity index (χ1) is 13.5. The van der Waals surface area contributed by atoms with Crippen molar-refractivity contribution < 1.29 is 23.8 Å². The van der Waals surface area contributed by atoms with Crippen molar-refractivity contribution in [1.82, 2.24) is 19.2 Å². The van der Waals surface area contributed by atoms with Crippen molar-refractivity contribution in [2.24, 2.45) is 0 Å². The Labute approximate surface area is 159 Å². The van der Waals surface area contributed by atoms with Gasteiger partial charge in [0.15, 0.2) is 5.82 Å². The third kappa shape index (κ3) is 3.52. The van der Waals surface area contributed by atoms with Crippen LogP contribution in [0.1, 0.15) is 29.0 Å². The number of hydrogen-bond donors (Lipinski definition) is 1. The number of benzene rings is 1. The fourth-order valence-electron chi connectivity index (χ4n) is 3.53. The lowest BCUT2D eigenvalue weighted by Crippen LogP contribution is -2.29. The highest BCUT2D eigenvalue weighted by Crippen LogP contribution is 2.25. The zero-order chi connectivity index (χ0) is 19.7. The molecule has 3 heterocycles. The molecule has 0 aliphatic carbocycles. The van der Waals surface area contributed by atoms with Crippen molar-refractivity contribution in [3.05, 3.63) is 39.8 Å². The minimum Gasteiger partial charge on any atom is -0.491 e. The average Bonchev–Trinajstić information content (AvgIpc) is 3.31. The van der Waals surface area contributed by atoms with Crippen LogP contribution in [0.15, 0.2) is 16.9 Å². The van der Waals surface area contributed by atoms with Crippen LogP contribution in [0.4, 0.5) is 4.39 Å². The van der Waals surface area contributed by atoms with Crippen LogP contribution in [0.5, 0.6) is 5.75 Å². The van der Waals surface area contributed by atoms with Crippen molar-refractivity contribution in [2.45, 2.75) is 26.0 Å². The Bertz CT molecular complexity index is 948. The van der Waals surface area contributed by atoms with Gasteiger partial charge in [-0.25, -0.2) is 14.0 Å². The highest BCUT2D eigenvalue weighted by Gasteiger charge is 2.23. The molecule has 4 rings (SSSR count). The van der Waals surface area contributed by atoms with E-state index in [2.05, 4.69) is 10.00 Å². The summed E-state index contributed by atoms with van der Waals surface area (Å²) < 4.78 is 27.9. The molecule has 1 aromatic carbocycles. The van der Waals surface area contributed by atoms with Gasteiger partial charge in [-0.2, -0.15) is 4.68 Å². The molecule has 150 valence electrons.